The van der Waals surface area contributed by atoms with Crippen LogP contribution < -0.4 is 14.8 Å². The van der Waals surface area contributed by atoms with Crippen LogP contribution >= 0.6 is 0 Å². The molecule has 2 N–H and O–H groups in total. The average molecular weight is 418 g/mol. The van der Waals surface area contributed by atoms with Gasteiger partial charge < -0.3 is 14.6 Å². The highest BCUT2D eigenvalue weighted by atomic mass is 32.2. The van der Waals surface area contributed by atoms with Gasteiger partial charge in [-0.25, -0.2) is 17.5 Å². The molecule has 0 unspecified atom stereocenters. The zero-order chi connectivity index (χ0) is 21.3. The minimum Gasteiger partial charge on any atom is -0.488 e. The molecule has 1 aliphatic rings. The summed E-state index contributed by atoms with van der Waals surface area (Å²) in [5, 5.41) is 11.5. The molecule has 0 saturated carbocycles. The topological polar surface area (TPSA) is 113 Å². The number of aryl methyl sites for hydroxylation is 1. The Morgan fingerprint density at radius 1 is 1.55 bits per heavy atom. The molecule has 3 rings (SSSR count). The molecule has 2 aromatic rings. The predicted molar refractivity (Wildman–Crippen MR) is 103 cm³/mol. The molecular formula is C19H19FN4O4S. The lowest BCUT2D eigenvalue weighted by molar-refractivity contribution is 0.101. The summed E-state index contributed by atoms with van der Waals surface area (Å²) >= 11 is 0. The van der Waals surface area contributed by atoms with Crippen LogP contribution in [0.4, 0.5) is 10.1 Å². The van der Waals surface area contributed by atoms with E-state index in [0.717, 1.165) is 6.07 Å². The van der Waals surface area contributed by atoms with Gasteiger partial charge in [0.25, 0.3) is 5.91 Å². The number of halogens is 1. The number of sulfonamides is 1. The number of anilines is 1. The fourth-order valence-electron chi connectivity index (χ4n) is 2.94. The lowest BCUT2D eigenvalue weighted by atomic mass is 10.0. The van der Waals surface area contributed by atoms with Crippen molar-refractivity contribution in [3.63, 3.8) is 0 Å². The third-order valence-corrected chi connectivity index (χ3v) is 6.15. The third-order valence-electron chi connectivity index (χ3n) is 4.67. The van der Waals surface area contributed by atoms with E-state index in [1.165, 1.54) is 29.9 Å². The van der Waals surface area contributed by atoms with E-state index in [0.29, 0.717) is 0 Å². The monoisotopic (exact) mass is 418 g/mol. The minimum absolute atomic E-state index is 0.0127. The van der Waals surface area contributed by atoms with Crippen molar-refractivity contribution in [1.29, 1.82) is 5.26 Å². The fourth-order valence-corrected chi connectivity index (χ4v) is 4.45. The maximum atomic E-state index is 13.5. The quantitative estimate of drug-likeness (QED) is 0.739. The van der Waals surface area contributed by atoms with Crippen LogP contribution in [0, 0.1) is 23.1 Å². The van der Waals surface area contributed by atoms with Gasteiger partial charge in [0.15, 0.2) is 11.4 Å². The Kier molecular flexibility index (Phi) is 5.46. The number of hydrogen-bond acceptors (Lipinski definition) is 5. The molecule has 0 radical (unpaired) electrons. The summed E-state index contributed by atoms with van der Waals surface area (Å²) in [6.45, 7) is 5.48. The molecule has 0 spiro atoms. The van der Waals surface area contributed by atoms with Crippen LogP contribution in [0.15, 0.2) is 41.9 Å². The molecule has 0 saturated heterocycles. The van der Waals surface area contributed by atoms with Gasteiger partial charge in [-0.2, -0.15) is 5.26 Å². The van der Waals surface area contributed by atoms with E-state index in [4.69, 9.17) is 10.00 Å². The molecule has 8 nitrogen and oxygen atoms in total. The second-order valence-corrected chi connectivity index (χ2v) is 8.36. The average Bonchev–Trinajstić information content (AvgIpc) is 2.96. The molecule has 152 valence electrons. The highest BCUT2D eigenvalue weighted by molar-refractivity contribution is 7.89. The van der Waals surface area contributed by atoms with E-state index < -0.39 is 27.8 Å². The molecule has 2 heterocycles. The number of hydrogen-bond donors (Lipinski definition) is 2. The number of fused-ring (bicyclic) bond motifs is 1. The van der Waals surface area contributed by atoms with Crippen molar-refractivity contribution < 1.29 is 22.3 Å². The Hall–Kier alpha value is -3.16. The molecule has 0 aliphatic carbocycles. The number of nitrogens with one attached hydrogen (secondary N) is 2. The molecular weight excluding hydrogens is 399 g/mol. The first kappa shape index (κ1) is 20.6. The van der Waals surface area contributed by atoms with E-state index >= 15 is 0 Å². The maximum Gasteiger partial charge on any atom is 0.276 e. The first-order valence-electron chi connectivity index (χ1n) is 8.66. The van der Waals surface area contributed by atoms with E-state index in [9.17, 15) is 17.6 Å². The van der Waals surface area contributed by atoms with Crippen molar-refractivity contribution in [3.05, 3.63) is 54.1 Å². The summed E-state index contributed by atoms with van der Waals surface area (Å²) in [6.07, 6.45) is 2.90. The van der Waals surface area contributed by atoms with Crippen LogP contribution in [0.5, 0.6) is 5.75 Å². The lowest BCUT2D eigenvalue weighted by Gasteiger charge is -2.19. The number of rotatable bonds is 4. The second-order valence-electron chi connectivity index (χ2n) is 6.68. The number of amides is 1. The van der Waals surface area contributed by atoms with Gasteiger partial charge in [-0.15, -0.1) is 6.58 Å². The number of aromatic nitrogens is 1. The zero-order valence-corrected chi connectivity index (χ0v) is 16.6. The Morgan fingerprint density at radius 2 is 2.28 bits per heavy atom. The minimum atomic E-state index is -3.92. The van der Waals surface area contributed by atoms with Crippen molar-refractivity contribution in [2.45, 2.75) is 17.9 Å². The molecule has 29 heavy (non-hydrogen) atoms. The standard InChI is InChI=1S/C19H19FN4O4S/c1-4-11(2)15-10-28-18-16(29(26,27)23-15)9-24(3)17(18)19(25)22-13-5-6-14(20)12(7-13)8-21/h4-7,9,11,15,23H,1,10H2,2-3H3,(H,22,25)/t11-,15-/m0/s1. The van der Waals surface area contributed by atoms with Gasteiger partial charge in [0.1, 0.15) is 23.4 Å². The van der Waals surface area contributed by atoms with Crippen molar-refractivity contribution in [3.8, 4) is 11.8 Å². The van der Waals surface area contributed by atoms with Crippen molar-refractivity contribution >= 4 is 21.6 Å². The van der Waals surface area contributed by atoms with Crippen molar-refractivity contribution in [1.82, 2.24) is 9.29 Å². The van der Waals surface area contributed by atoms with Gasteiger partial charge in [0, 0.05) is 18.9 Å². The number of benzene rings is 1. The Balaban J connectivity index is 1.97. The van der Waals surface area contributed by atoms with Crippen molar-refractivity contribution in [2.24, 2.45) is 13.0 Å². The molecule has 10 heteroatoms. The molecule has 1 aromatic carbocycles. The van der Waals surface area contributed by atoms with E-state index in [1.807, 2.05) is 0 Å². The molecule has 1 aliphatic heterocycles. The SMILES string of the molecule is C=C[C@H](C)[C@@H]1COc2c(cn(C)c2C(=O)Nc2ccc(F)c(C#N)c2)S(=O)(=O)N1. The van der Waals surface area contributed by atoms with Crippen LogP contribution in [-0.2, 0) is 17.1 Å². The van der Waals surface area contributed by atoms with Crippen LogP contribution in [0.2, 0.25) is 0 Å². The Bertz CT molecular complexity index is 1130. The van der Waals surface area contributed by atoms with Gasteiger partial charge >= 0.3 is 0 Å². The lowest BCUT2D eigenvalue weighted by Crippen LogP contribution is -2.41. The van der Waals surface area contributed by atoms with Crippen LogP contribution in [0.25, 0.3) is 0 Å². The number of ether oxygens (including phenoxy) is 1. The summed E-state index contributed by atoms with van der Waals surface area (Å²) in [5.74, 6) is -1.63. The second kappa shape index (κ2) is 7.69. The predicted octanol–water partition coefficient (Wildman–Crippen LogP) is 2.15. The normalized spacial score (nSPS) is 18.5. The van der Waals surface area contributed by atoms with Crippen LogP contribution in [0.3, 0.4) is 0 Å². The third kappa shape index (κ3) is 3.87. The summed E-state index contributed by atoms with van der Waals surface area (Å²) in [6, 6.07) is 4.71. The summed E-state index contributed by atoms with van der Waals surface area (Å²) in [4.78, 5) is 12.7. The summed E-state index contributed by atoms with van der Waals surface area (Å²) < 4.78 is 48.6. The van der Waals surface area contributed by atoms with Gasteiger partial charge in [0.05, 0.1) is 11.6 Å². The number of nitrogens with zero attached hydrogens (tertiary/aromatic N) is 2. The highest BCUT2D eigenvalue weighted by Gasteiger charge is 2.35. The zero-order valence-electron chi connectivity index (χ0n) is 15.8. The first-order valence-corrected chi connectivity index (χ1v) is 10.1. The van der Waals surface area contributed by atoms with Gasteiger partial charge in [-0.1, -0.05) is 13.0 Å². The van der Waals surface area contributed by atoms with E-state index in [-0.39, 0.29) is 40.1 Å². The Labute approximate surface area is 167 Å². The van der Waals surface area contributed by atoms with Gasteiger partial charge in [-0.3, -0.25) is 4.79 Å². The number of carbonyl (C=O) groups excluding carboxylic acids is 1. The highest BCUT2D eigenvalue weighted by Crippen LogP contribution is 2.33. The number of nitriles is 1. The van der Waals surface area contributed by atoms with E-state index in [1.54, 1.807) is 19.1 Å². The molecule has 0 bridgehead atoms. The Morgan fingerprint density at radius 3 is 2.93 bits per heavy atom. The van der Waals surface area contributed by atoms with Crippen molar-refractivity contribution in [2.75, 3.05) is 11.9 Å². The maximum absolute atomic E-state index is 13.5. The van der Waals surface area contributed by atoms with Gasteiger partial charge in [-0.05, 0) is 24.1 Å². The summed E-state index contributed by atoms with van der Waals surface area (Å²) in [7, 11) is -2.41. The van der Waals surface area contributed by atoms with Crippen LogP contribution in [0.1, 0.15) is 23.0 Å². The molecule has 2 atom stereocenters. The molecule has 1 aromatic heterocycles. The molecule has 0 fully saturated rings. The first-order chi connectivity index (χ1) is 13.7. The van der Waals surface area contributed by atoms with E-state index in [2.05, 4.69) is 16.6 Å². The van der Waals surface area contributed by atoms with Crippen LogP contribution in [-0.4, -0.2) is 31.5 Å². The molecule has 1 amide bonds. The smallest absolute Gasteiger partial charge is 0.276 e. The summed E-state index contributed by atoms with van der Waals surface area (Å²) in [5.41, 5.74) is -0.0476. The largest absolute Gasteiger partial charge is 0.488 e. The fraction of sp³-hybridized carbons (Fsp3) is 0.263. The van der Waals surface area contributed by atoms with Gasteiger partial charge in [0.2, 0.25) is 10.0 Å². The number of carbonyl (C=O) groups is 1.